The summed E-state index contributed by atoms with van der Waals surface area (Å²) in [6.45, 7) is 95.6. The Morgan fingerprint density at radius 1 is 0.509 bits per heavy atom. The van der Waals surface area contributed by atoms with Crippen LogP contribution >= 0.6 is 23.5 Å². The van der Waals surface area contributed by atoms with Gasteiger partial charge in [-0.15, -0.1) is 0 Å². The first-order valence-electron chi connectivity index (χ1n) is 39.3. The van der Waals surface area contributed by atoms with Gasteiger partial charge in [0.1, 0.15) is 5.72 Å². The summed E-state index contributed by atoms with van der Waals surface area (Å²) in [6.07, 6.45) is 13.4. The first kappa shape index (κ1) is 108. The quantitative estimate of drug-likeness (QED) is 0.0887. The van der Waals surface area contributed by atoms with Gasteiger partial charge in [-0.1, -0.05) is 305 Å². The number of rotatable bonds is 8. The fraction of sp³-hybridized carbons (Fsp3) is 0.795. The molecule has 108 heavy (non-hydrogen) atoms. The molecule has 7 atom stereocenters. The molecule has 0 aromatic rings. The number of nitrogens with zero attached hydrogens (tertiary/aromatic N) is 1. The number of allylic oxidation sites excluding steroid dienone is 2. The summed E-state index contributed by atoms with van der Waals surface area (Å²) in [7, 11) is -0.615. The second-order valence-electron chi connectivity index (χ2n) is 43.6. The minimum absolute atomic E-state index is 0.00848. The van der Waals surface area contributed by atoms with E-state index in [0.29, 0.717) is 40.7 Å². The van der Waals surface area contributed by atoms with Gasteiger partial charge < -0.3 is 36.0 Å². The van der Waals surface area contributed by atoms with Gasteiger partial charge in [-0.25, -0.2) is 4.21 Å². The van der Waals surface area contributed by atoms with Crippen LogP contribution in [0, 0.1) is 71.4 Å². The van der Waals surface area contributed by atoms with E-state index in [1.54, 1.807) is 37.5 Å². The van der Waals surface area contributed by atoms with Crippen LogP contribution in [0.1, 0.15) is 346 Å². The third-order valence-corrected chi connectivity index (χ3v) is 21.6. The molecule has 0 spiro atoms. The van der Waals surface area contributed by atoms with E-state index in [1.165, 1.54) is 24.2 Å². The van der Waals surface area contributed by atoms with E-state index < -0.39 is 21.0 Å². The number of carbonyl (C=O) groups is 7. The number of hydrogen-bond donors (Lipinski definition) is 7. The smallest absolute Gasteiger partial charge is 0.270 e. The highest BCUT2D eigenvalue weighted by molar-refractivity contribution is 8.05. The summed E-state index contributed by atoms with van der Waals surface area (Å²) in [5, 5.41) is 25.2. The van der Waals surface area contributed by atoms with Gasteiger partial charge in [0.05, 0.1) is 31.4 Å². The van der Waals surface area contributed by atoms with Crippen molar-refractivity contribution in [2.75, 3.05) is 12.8 Å². The first-order chi connectivity index (χ1) is 47.6. The Hall–Kier alpha value is -4.53. The lowest BCUT2D eigenvalue weighted by atomic mass is 9.74. The van der Waals surface area contributed by atoms with Gasteiger partial charge in [-0.05, 0) is 138 Å². The van der Waals surface area contributed by atoms with Crippen molar-refractivity contribution in [3.63, 3.8) is 0 Å². The second kappa shape index (κ2) is 42.0. The number of aliphatic hydroxyl groups is 1. The average molecular weight is 1580 g/mol. The fourth-order valence-electron chi connectivity index (χ4n) is 11.7. The van der Waals surface area contributed by atoms with Crippen molar-refractivity contribution in [1.82, 2.24) is 36.2 Å². The fourth-order valence-corrected chi connectivity index (χ4v) is 15.8. The maximum absolute atomic E-state index is 11.8. The number of thioether (sulfide) groups is 2. The molecule has 0 aromatic heterocycles. The van der Waals surface area contributed by atoms with Crippen LogP contribution in [-0.2, 0) is 48.0 Å². The summed E-state index contributed by atoms with van der Waals surface area (Å²) < 4.78 is 19.0. The summed E-state index contributed by atoms with van der Waals surface area (Å²) >= 11 is 3.09. The molecule has 0 bridgehead atoms. The zero-order valence-electron chi connectivity index (χ0n) is 76.1. The molecule has 7 amide bonds. The van der Waals surface area contributed by atoms with Crippen molar-refractivity contribution in [2.45, 2.75) is 367 Å². The van der Waals surface area contributed by atoms with E-state index in [1.807, 2.05) is 34.6 Å². The van der Waals surface area contributed by atoms with Gasteiger partial charge in [0.15, 0.2) is 11.5 Å². The van der Waals surface area contributed by atoms with Crippen molar-refractivity contribution >= 4 is 80.5 Å². The first-order valence-corrected chi connectivity index (χ1v) is 42.9. The van der Waals surface area contributed by atoms with Crippen molar-refractivity contribution < 1.29 is 47.6 Å². The van der Waals surface area contributed by atoms with Crippen LogP contribution in [0.25, 0.3) is 0 Å². The Morgan fingerprint density at radius 2 is 0.926 bits per heavy atom. The molecule has 0 radical (unpaired) electrons. The van der Waals surface area contributed by atoms with Gasteiger partial charge in [0.25, 0.3) is 5.91 Å². The third kappa shape index (κ3) is 49.8. The topological polar surface area (TPSA) is 241 Å². The minimum Gasteiger partial charge on any atom is -0.463 e. The molecule has 0 aromatic carbocycles. The lowest BCUT2D eigenvalue weighted by molar-refractivity contribution is -0.176. The highest BCUT2D eigenvalue weighted by Crippen LogP contribution is 2.45. The second-order valence-corrected chi connectivity index (χ2v) is 48.7. The van der Waals surface area contributed by atoms with Gasteiger partial charge >= 0.3 is 0 Å². The van der Waals surface area contributed by atoms with E-state index in [0.717, 1.165) is 85.7 Å². The Kier molecular flexibility index (Phi) is 41.9. The highest BCUT2D eigenvalue weighted by atomic mass is 32.2. The average Bonchev–Trinajstić information content (AvgIpc) is 0.870. The van der Waals surface area contributed by atoms with Crippen LogP contribution in [0.4, 0.5) is 0 Å². The molecule has 20 heteroatoms. The van der Waals surface area contributed by atoms with E-state index in [9.17, 15) is 42.9 Å². The van der Waals surface area contributed by atoms with Crippen LogP contribution in [0.15, 0.2) is 60.2 Å². The molecular formula is C88H165N7O10S3. The number of nitrogens with one attached hydrogen (secondary N) is 6. The van der Waals surface area contributed by atoms with Gasteiger partial charge in [0.2, 0.25) is 35.4 Å². The minimum atomic E-state index is -2.32. The van der Waals surface area contributed by atoms with E-state index in [2.05, 4.69) is 278 Å². The summed E-state index contributed by atoms with van der Waals surface area (Å²) in [5.74, 6) is 4.61. The van der Waals surface area contributed by atoms with E-state index in [4.69, 9.17) is 4.74 Å². The molecular weight excluding hydrogens is 1410 g/mol. The Balaban J connectivity index is -0.00000115. The highest BCUT2D eigenvalue weighted by Gasteiger charge is 2.47. The van der Waals surface area contributed by atoms with Crippen LogP contribution in [-0.4, -0.2) is 95.6 Å². The van der Waals surface area contributed by atoms with Gasteiger partial charge in [-0.3, -0.25) is 43.6 Å². The van der Waals surface area contributed by atoms with Crippen molar-refractivity contribution in [3.8, 4) is 0 Å². The predicted octanol–water partition coefficient (Wildman–Crippen LogP) is 20.9. The molecule has 6 aliphatic heterocycles. The maximum atomic E-state index is 11.8. The maximum Gasteiger partial charge on any atom is 0.270 e. The molecule has 7 aliphatic rings. The van der Waals surface area contributed by atoms with Crippen LogP contribution in [0.5, 0.6) is 0 Å². The molecule has 17 nitrogen and oxygen atoms in total. The SMILES string of the molecule is C=C1CC(C)(CC(C)(C)C)C(=O)N1.C=C1CC(CC(C)(C)C)C(=O)N1.C=C1NC(=O)C(C)(CC(C)(C)C)O1.C=C1NC(=O)C(C)(CC(C)(C)C)S1.C=C1NC(=O)C(CC(C)(C)C)S1.C=S1(=O)CC(CC(C)(C)C)C(=O)N1.CCC(C)(C)C.CCC(C)(C)C.CCC(C)(C)C.CN(C(=O)CC(C)(C)C)C1(O)CCC1. The van der Waals surface area contributed by atoms with E-state index in [-0.39, 0.29) is 107 Å². The Labute approximate surface area is 671 Å². The zero-order valence-corrected chi connectivity index (χ0v) is 78.5. The van der Waals surface area contributed by atoms with Crippen LogP contribution < -0.4 is 31.3 Å². The van der Waals surface area contributed by atoms with E-state index >= 15 is 0 Å². The lowest BCUT2D eigenvalue weighted by Gasteiger charge is -2.44. The molecule has 1 aliphatic carbocycles. The Morgan fingerprint density at radius 3 is 1.19 bits per heavy atom. The van der Waals surface area contributed by atoms with Crippen molar-refractivity contribution in [2.24, 2.45) is 71.4 Å². The standard InChI is InChI=1S/C11H21NO2.C11H19NO.C10H17NO2.C10H17NOS.C10H17NO.C9H17NO2S.C9H15NOS.3C6H14/c1-10(2,3)8-9(13)12(4)11(14)6-5-7-11;1-8-6-11(5,9(13)12-8)7-10(2,3)4;2*1-7-11-8(12)10(5,13-7)6-9(2,3)4;1-7-5-8(9(12)11-7)6-10(2,3)4;1-9(2,3)5-7-6-13(4,12)10-8(7)11;1-6-10-8(11)7(12-6)5-9(2,3)4;3*1-5-6(2,3)4/h14H,5-8H2,1-4H3;1,6-7H2,2-5H3,(H,12,13);2*1,6H2,2-5H3,(H,11,12);8H,1,5-6H2,2-4H3,(H,11,12);7H,4-6H2,1-3H3,(H,10,11,12);7H,1,5H2,2-4H3,(H,10,11);3*5H2,1-4H3. The summed E-state index contributed by atoms with van der Waals surface area (Å²) in [4.78, 5) is 81.9. The lowest BCUT2D eigenvalue weighted by Crippen LogP contribution is -2.54. The molecule has 6 saturated heterocycles. The monoisotopic (exact) mass is 1580 g/mol. The molecule has 7 fully saturated rings. The predicted molar refractivity (Wildman–Crippen MR) is 465 cm³/mol. The number of ether oxygens (including phenoxy) is 1. The number of amides is 7. The molecule has 7 unspecified atom stereocenters. The van der Waals surface area contributed by atoms with Gasteiger partial charge in [-0.2, -0.15) is 0 Å². The molecule has 1 saturated carbocycles. The molecule has 630 valence electrons. The Bertz CT molecular complexity index is 2920. The van der Waals surface area contributed by atoms with Crippen LogP contribution in [0.3, 0.4) is 0 Å². The molecule has 7 rings (SSSR count). The normalized spacial score (nSPS) is 24.7. The third-order valence-electron chi connectivity index (χ3n) is 17.9. The molecule has 6 heterocycles. The zero-order chi connectivity index (χ0) is 86.4. The summed E-state index contributed by atoms with van der Waals surface area (Å²) in [6, 6.07) is 0. The summed E-state index contributed by atoms with van der Waals surface area (Å²) in [5.41, 5.74) is 2.48. The van der Waals surface area contributed by atoms with Crippen molar-refractivity contribution in [3.05, 3.63) is 60.2 Å². The van der Waals surface area contributed by atoms with Crippen molar-refractivity contribution in [1.29, 1.82) is 0 Å². The number of carbonyl (C=O) groups excluding carboxylic acids is 7. The van der Waals surface area contributed by atoms with Gasteiger partial charge in [0, 0.05) is 59.1 Å². The van der Waals surface area contributed by atoms with Crippen LogP contribution in [0.2, 0.25) is 0 Å². The largest absolute Gasteiger partial charge is 0.463 e. The number of hydrogen-bond acceptors (Lipinski definition) is 12. The molecule has 7 N–H and O–H groups in total.